The molecule has 0 spiro atoms. The fraction of sp³-hybridized carbons (Fsp3) is 0.385. The molecule has 0 saturated carbocycles. The number of ether oxygens (including phenoxy) is 4. The normalized spacial score (nSPS) is 12.3. The molecule has 0 aliphatic carbocycles. The Hall–Kier alpha value is -6.12. The van der Waals surface area contributed by atoms with Crippen LogP contribution in [0.15, 0.2) is 54.6 Å². The van der Waals surface area contributed by atoms with E-state index in [2.05, 4.69) is 16.0 Å². The third-order valence-electron chi connectivity index (χ3n) is 7.80. The third-order valence-corrected chi connectivity index (χ3v) is 7.80. The Balaban J connectivity index is 2.09. The number of benzene rings is 3. The largest absolute Gasteiger partial charge is 0.507 e. The quantitative estimate of drug-likeness (QED) is 0.0935. The van der Waals surface area contributed by atoms with Crippen LogP contribution in [0.3, 0.4) is 0 Å². The Morgan fingerprint density at radius 2 is 0.963 bits per heavy atom. The SMILES string of the molecule is CCOC(=O)C(Cc1ccc(Oc2cc(CC(NC(C)=O)C(=O)OCC)cc(-c3cc(CC(NC(C)=O)C(=O)OCC)ccc3O)c2O)cc1)NC(C)=O. The second-order valence-corrected chi connectivity index (χ2v) is 12.2. The minimum Gasteiger partial charge on any atom is -0.507 e. The molecule has 0 saturated heterocycles. The molecule has 0 aromatic heterocycles. The van der Waals surface area contributed by atoms with E-state index in [0.717, 1.165) is 0 Å². The zero-order chi connectivity index (χ0) is 39.9. The number of amides is 3. The van der Waals surface area contributed by atoms with Gasteiger partial charge < -0.3 is 45.1 Å². The smallest absolute Gasteiger partial charge is 0.328 e. The lowest BCUT2D eigenvalue weighted by atomic mass is 9.94. The fourth-order valence-electron chi connectivity index (χ4n) is 5.56. The maximum atomic E-state index is 12.8. The van der Waals surface area contributed by atoms with Crippen LogP contribution in [0.5, 0.6) is 23.0 Å². The Labute approximate surface area is 313 Å². The first-order valence-corrected chi connectivity index (χ1v) is 17.4. The van der Waals surface area contributed by atoms with E-state index in [-0.39, 0.29) is 73.2 Å². The number of aromatic hydroxyl groups is 2. The highest BCUT2D eigenvalue weighted by molar-refractivity contribution is 5.86. The van der Waals surface area contributed by atoms with Gasteiger partial charge in [-0.2, -0.15) is 0 Å². The van der Waals surface area contributed by atoms with Crippen LogP contribution in [0.1, 0.15) is 58.2 Å². The van der Waals surface area contributed by atoms with Gasteiger partial charge in [-0.3, -0.25) is 14.4 Å². The lowest BCUT2D eigenvalue weighted by molar-refractivity contribution is -0.147. The molecular weight excluding hydrogens is 702 g/mol. The van der Waals surface area contributed by atoms with Gasteiger partial charge in [-0.25, -0.2) is 14.4 Å². The molecule has 15 heteroatoms. The second kappa shape index (κ2) is 20.2. The highest BCUT2D eigenvalue weighted by Gasteiger charge is 2.26. The molecular formula is C39H47N3O12. The van der Waals surface area contributed by atoms with Gasteiger partial charge >= 0.3 is 17.9 Å². The second-order valence-electron chi connectivity index (χ2n) is 12.2. The highest BCUT2D eigenvalue weighted by atomic mass is 16.5. The van der Waals surface area contributed by atoms with E-state index in [4.69, 9.17) is 18.9 Å². The molecule has 290 valence electrons. The van der Waals surface area contributed by atoms with E-state index in [0.29, 0.717) is 16.7 Å². The maximum Gasteiger partial charge on any atom is 0.328 e. The average Bonchev–Trinajstić information content (AvgIpc) is 3.10. The molecule has 15 nitrogen and oxygen atoms in total. The van der Waals surface area contributed by atoms with Crippen molar-refractivity contribution in [2.24, 2.45) is 0 Å². The summed E-state index contributed by atoms with van der Waals surface area (Å²) < 4.78 is 21.5. The summed E-state index contributed by atoms with van der Waals surface area (Å²) in [6.07, 6.45) is 0.0398. The molecule has 5 N–H and O–H groups in total. The number of rotatable bonds is 18. The predicted octanol–water partition coefficient (Wildman–Crippen LogP) is 3.39. The maximum absolute atomic E-state index is 12.8. The van der Waals surface area contributed by atoms with Crippen molar-refractivity contribution >= 4 is 35.6 Å². The van der Waals surface area contributed by atoms with Gasteiger partial charge in [0.05, 0.1) is 19.8 Å². The number of carbonyl (C=O) groups excluding carboxylic acids is 6. The van der Waals surface area contributed by atoms with Gasteiger partial charge in [-0.05, 0) is 73.9 Å². The zero-order valence-corrected chi connectivity index (χ0v) is 31.1. The van der Waals surface area contributed by atoms with Gasteiger partial charge in [-0.15, -0.1) is 0 Å². The molecule has 3 rings (SSSR count). The molecule has 3 aromatic carbocycles. The molecule has 0 bridgehead atoms. The Morgan fingerprint density at radius 3 is 1.41 bits per heavy atom. The van der Waals surface area contributed by atoms with Crippen molar-refractivity contribution in [3.05, 3.63) is 71.3 Å². The Kier molecular flexibility index (Phi) is 15.8. The van der Waals surface area contributed by atoms with Crippen LogP contribution in [-0.2, 0) is 62.2 Å². The van der Waals surface area contributed by atoms with E-state index >= 15 is 0 Å². The van der Waals surface area contributed by atoms with Gasteiger partial charge in [0.25, 0.3) is 0 Å². The van der Waals surface area contributed by atoms with E-state index < -0.39 is 53.8 Å². The van der Waals surface area contributed by atoms with Gasteiger partial charge in [0.2, 0.25) is 17.7 Å². The third kappa shape index (κ3) is 12.5. The molecule has 3 aromatic rings. The van der Waals surface area contributed by atoms with Gasteiger partial charge in [-0.1, -0.05) is 18.2 Å². The number of hydrogen-bond acceptors (Lipinski definition) is 12. The molecule has 0 heterocycles. The molecule has 3 amide bonds. The van der Waals surface area contributed by atoms with E-state index in [1.807, 2.05) is 0 Å². The van der Waals surface area contributed by atoms with Gasteiger partial charge in [0.15, 0.2) is 11.5 Å². The van der Waals surface area contributed by atoms with Crippen LogP contribution < -0.4 is 20.7 Å². The molecule has 54 heavy (non-hydrogen) atoms. The Bertz CT molecular complexity index is 1830. The van der Waals surface area contributed by atoms with Crippen molar-refractivity contribution in [3.63, 3.8) is 0 Å². The molecule has 3 unspecified atom stereocenters. The lowest BCUT2D eigenvalue weighted by Gasteiger charge is -2.20. The number of phenols is 2. The Morgan fingerprint density at radius 1 is 0.556 bits per heavy atom. The van der Waals surface area contributed by atoms with Gasteiger partial charge in [0.1, 0.15) is 29.6 Å². The summed E-state index contributed by atoms with van der Waals surface area (Å²) in [4.78, 5) is 73.5. The summed E-state index contributed by atoms with van der Waals surface area (Å²) in [6, 6.07) is 10.9. The first kappa shape index (κ1) is 42.3. The van der Waals surface area contributed by atoms with Crippen LogP contribution in [0.25, 0.3) is 11.1 Å². The monoisotopic (exact) mass is 749 g/mol. The number of carbonyl (C=O) groups is 6. The highest BCUT2D eigenvalue weighted by Crippen LogP contribution is 2.44. The summed E-state index contributed by atoms with van der Waals surface area (Å²) in [7, 11) is 0. The van der Waals surface area contributed by atoms with E-state index in [1.165, 1.54) is 45.0 Å². The van der Waals surface area contributed by atoms with Crippen molar-refractivity contribution < 1.29 is 57.9 Å². The van der Waals surface area contributed by atoms with Crippen LogP contribution >= 0.6 is 0 Å². The molecule has 0 aliphatic rings. The van der Waals surface area contributed by atoms with Crippen LogP contribution in [0.2, 0.25) is 0 Å². The number of nitrogens with one attached hydrogen (secondary N) is 3. The molecule has 3 atom stereocenters. The van der Waals surface area contributed by atoms with Crippen LogP contribution in [0, 0.1) is 0 Å². The van der Waals surface area contributed by atoms with E-state index in [1.54, 1.807) is 51.1 Å². The zero-order valence-electron chi connectivity index (χ0n) is 31.1. The lowest BCUT2D eigenvalue weighted by Crippen LogP contribution is -2.42. The average molecular weight is 750 g/mol. The summed E-state index contributed by atoms with van der Waals surface area (Å²) in [5.41, 5.74) is 1.79. The minimum atomic E-state index is -1.11. The van der Waals surface area contributed by atoms with Crippen molar-refractivity contribution in [1.82, 2.24) is 16.0 Å². The van der Waals surface area contributed by atoms with Crippen molar-refractivity contribution in [2.75, 3.05) is 19.8 Å². The summed E-state index contributed by atoms with van der Waals surface area (Å²) in [5, 5.41) is 30.4. The molecule has 0 fully saturated rings. The number of hydrogen-bond donors (Lipinski definition) is 5. The van der Waals surface area contributed by atoms with Crippen LogP contribution in [-0.4, -0.2) is 83.8 Å². The van der Waals surface area contributed by atoms with E-state index in [9.17, 15) is 39.0 Å². The van der Waals surface area contributed by atoms with Crippen molar-refractivity contribution in [3.8, 4) is 34.1 Å². The first-order valence-electron chi connectivity index (χ1n) is 17.4. The molecule has 0 aliphatic heterocycles. The van der Waals surface area contributed by atoms with Gasteiger partial charge in [0, 0.05) is 51.2 Å². The summed E-state index contributed by atoms with van der Waals surface area (Å²) >= 11 is 0. The minimum absolute atomic E-state index is 0.00568. The topological polar surface area (TPSA) is 216 Å². The standard InChI is InChI=1S/C39H47N3O12/c1-7-51-37(48)31(40-22(4)43)18-25-10-13-28(14-11-25)54-35-21-27(20-33(42-24(6)45)39(50)53-9-3)17-30(36(35)47)29-16-26(12-15-34(29)46)19-32(41-23(5)44)38(49)52-8-2/h10-17,21,31-33,46-47H,7-9,18-20H2,1-6H3,(H,40,43)(H,41,44)(H,42,45). The predicted molar refractivity (Wildman–Crippen MR) is 196 cm³/mol. The summed E-state index contributed by atoms with van der Waals surface area (Å²) in [6.45, 7) is 9.06. The van der Waals surface area contributed by atoms with Crippen molar-refractivity contribution in [1.29, 1.82) is 0 Å². The van der Waals surface area contributed by atoms with Crippen molar-refractivity contribution in [2.45, 2.75) is 78.9 Å². The fourth-order valence-corrected chi connectivity index (χ4v) is 5.56. The molecule has 0 radical (unpaired) electrons. The number of esters is 3. The summed E-state index contributed by atoms with van der Waals surface area (Å²) in [5.74, 6) is -3.69. The first-order chi connectivity index (χ1) is 25.6. The number of phenolic OH excluding ortho intramolecular Hbond substituents is 2. The van der Waals surface area contributed by atoms with Crippen LogP contribution in [0.4, 0.5) is 0 Å².